The van der Waals surface area contributed by atoms with E-state index in [0.717, 1.165) is 0 Å². The maximum atomic E-state index is 12.8. The second-order valence-corrected chi connectivity index (χ2v) is 2.91. The van der Waals surface area contributed by atoms with Crippen molar-refractivity contribution in [3.05, 3.63) is 0 Å². The molecule has 0 rings (SSSR count). The maximum absolute atomic E-state index is 12.8. The van der Waals surface area contributed by atoms with Gasteiger partial charge in [-0.05, 0) is 0 Å². The van der Waals surface area contributed by atoms with E-state index >= 15 is 0 Å². The molecular weight excluding hydrogens is 295 g/mol. The minimum Gasteiger partial charge on any atom is -0.213 e. The first-order valence-corrected chi connectivity index (χ1v) is 3.55. The van der Waals surface area contributed by atoms with Crippen LogP contribution in [0.4, 0.5) is 48.3 Å². The summed E-state index contributed by atoms with van der Waals surface area (Å²) in [6.07, 6.45) is -14.2. The molecule has 0 spiro atoms. The van der Waals surface area contributed by atoms with E-state index in [1.54, 1.807) is 0 Å². The number of rotatable bonds is 2. The van der Waals surface area contributed by atoms with Crippen LogP contribution in [0.5, 0.6) is 0 Å². The van der Waals surface area contributed by atoms with E-state index in [2.05, 4.69) is 0 Å². The number of hydrogen-bond acceptors (Lipinski definition) is 1. The standard InChI is InChI=1S/C6F11N/c7-2(1-18,3(8,9)5(12,13)14)4(10,11)6(15,16)17. The summed E-state index contributed by atoms with van der Waals surface area (Å²) in [6, 6.07) is -0.935. The Balaban J connectivity index is 6.07. The van der Waals surface area contributed by atoms with Crippen LogP contribution in [0.1, 0.15) is 0 Å². The molecule has 12 heteroatoms. The van der Waals surface area contributed by atoms with Crippen molar-refractivity contribution in [2.24, 2.45) is 0 Å². The van der Waals surface area contributed by atoms with Gasteiger partial charge < -0.3 is 0 Å². The van der Waals surface area contributed by atoms with Gasteiger partial charge in [0.05, 0.1) is 0 Å². The largest absolute Gasteiger partial charge is 0.458 e. The molecule has 0 fully saturated rings. The molecule has 0 N–H and O–H groups in total. The summed E-state index contributed by atoms with van der Waals surface area (Å²) in [4.78, 5) is 0. The second-order valence-electron chi connectivity index (χ2n) is 2.91. The van der Waals surface area contributed by atoms with Crippen LogP contribution in [-0.4, -0.2) is 29.9 Å². The Bertz CT molecular complexity index is 329. The van der Waals surface area contributed by atoms with Crippen LogP contribution in [0, 0.1) is 11.3 Å². The molecule has 0 aliphatic rings. The van der Waals surface area contributed by atoms with Crippen molar-refractivity contribution in [3.63, 3.8) is 0 Å². The highest BCUT2D eigenvalue weighted by molar-refractivity contribution is 5.21. The number of hydrogen-bond donors (Lipinski definition) is 0. The fourth-order valence-electron chi connectivity index (χ4n) is 0.728. The molecule has 18 heavy (non-hydrogen) atoms. The van der Waals surface area contributed by atoms with Gasteiger partial charge in [0.2, 0.25) is 0 Å². The van der Waals surface area contributed by atoms with Crippen LogP contribution in [0.25, 0.3) is 0 Å². The monoisotopic (exact) mass is 295 g/mol. The highest BCUT2D eigenvalue weighted by Gasteiger charge is 2.87. The van der Waals surface area contributed by atoms with Gasteiger partial charge in [0, 0.05) is 0 Å². The second kappa shape index (κ2) is 3.86. The lowest BCUT2D eigenvalue weighted by molar-refractivity contribution is -0.392. The normalized spacial score (nSPS) is 15.4. The van der Waals surface area contributed by atoms with Crippen LogP contribution < -0.4 is 0 Å². The average Bonchev–Trinajstić information content (AvgIpc) is 2.12. The van der Waals surface area contributed by atoms with Crippen LogP contribution in [0.3, 0.4) is 0 Å². The SMILES string of the molecule is N#CC(F)(C(F)(F)C(F)(F)F)C(F)(F)C(F)(F)F. The van der Waals surface area contributed by atoms with Crippen molar-refractivity contribution in [2.45, 2.75) is 29.9 Å². The molecule has 0 saturated heterocycles. The molecule has 1 nitrogen and oxygen atoms in total. The van der Waals surface area contributed by atoms with Gasteiger partial charge in [-0.25, -0.2) is 4.39 Å². The van der Waals surface area contributed by atoms with Crippen molar-refractivity contribution in [1.29, 1.82) is 5.26 Å². The van der Waals surface area contributed by atoms with Crippen LogP contribution in [-0.2, 0) is 0 Å². The van der Waals surface area contributed by atoms with Gasteiger partial charge in [0.1, 0.15) is 6.07 Å². The zero-order valence-electron chi connectivity index (χ0n) is 7.60. The summed E-state index contributed by atoms with van der Waals surface area (Å²) in [5.74, 6) is -14.4. The summed E-state index contributed by atoms with van der Waals surface area (Å²) in [6.45, 7) is 0. The third kappa shape index (κ3) is 1.95. The zero-order chi connectivity index (χ0) is 15.2. The van der Waals surface area contributed by atoms with Gasteiger partial charge in [0.25, 0.3) is 0 Å². The Labute approximate surface area is 90.8 Å². The van der Waals surface area contributed by atoms with Crippen molar-refractivity contribution >= 4 is 0 Å². The maximum Gasteiger partial charge on any atom is 0.458 e. The minimum atomic E-state index is -7.21. The molecule has 0 heterocycles. The fourth-order valence-corrected chi connectivity index (χ4v) is 0.728. The fraction of sp³-hybridized carbons (Fsp3) is 0.833. The number of nitrogens with zero attached hydrogens (tertiary/aromatic N) is 1. The quantitative estimate of drug-likeness (QED) is 0.714. The van der Waals surface area contributed by atoms with E-state index in [0.29, 0.717) is 0 Å². The Morgan fingerprint density at radius 1 is 0.556 bits per heavy atom. The van der Waals surface area contributed by atoms with E-state index in [9.17, 15) is 48.3 Å². The highest BCUT2D eigenvalue weighted by Crippen LogP contribution is 2.56. The van der Waals surface area contributed by atoms with Crippen molar-refractivity contribution in [2.75, 3.05) is 0 Å². The van der Waals surface area contributed by atoms with Gasteiger partial charge in [-0.15, -0.1) is 0 Å². The molecule has 0 aliphatic heterocycles. The first-order chi connectivity index (χ1) is 7.56. The van der Waals surface area contributed by atoms with Gasteiger partial charge in [-0.3, -0.25) is 0 Å². The molecular formula is C6F11N. The van der Waals surface area contributed by atoms with E-state index in [1.165, 1.54) is 0 Å². The first-order valence-electron chi connectivity index (χ1n) is 3.55. The third-order valence-electron chi connectivity index (χ3n) is 1.73. The average molecular weight is 295 g/mol. The Morgan fingerprint density at radius 3 is 0.889 bits per heavy atom. The topological polar surface area (TPSA) is 23.8 Å². The molecule has 0 bridgehead atoms. The predicted octanol–water partition coefficient (Wildman–Crippen LogP) is 3.61. The first kappa shape index (κ1) is 16.7. The Hall–Kier alpha value is -1.28. The lowest BCUT2D eigenvalue weighted by Crippen LogP contribution is -2.67. The van der Waals surface area contributed by atoms with E-state index in [1.807, 2.05) is 0 Å². The van der Waals surface area contributed by atoms with E-state index in [-0.39, 0.29) is 0 Å². The zero-order valence-corrected chi connectivity index (χ0v) is 7.60. The summed E-state index contributed by atoms with van der Waals surface area (Å²) in [7, 11) is 0. The third-order valence-corrected chi connectivity index (χ3v) is 1.73. The number of nitriles is 1. The molecule has 0 aliphatic carbocycles. The summed E-state index contributed by atoms with van der Waals surface area (Å²) in [5, 5.41) is 7.60. The smallest absolute Gasteiger partial charge is 0.213 e. The Kier molecular flexibility index (Phi) is 3.58. The number of halogens is 11. The predicted molar refractivity (Wildman–Crippen MR) is 31.5 cm³/mol. The molecule has 0 aromatic heterocycles. The summed E-state index contributed by atoms with van der Waals surface area (Å²) >= 11 is 0. The van der Waals surface area contributed by atoms with Crippen LogP contribution >= 0.6 is 0 Å². The van der Waals surface area contributed by atoms with E-state index in [4.69, 9.17) is 5.26 Å². The van der Waals surface area contributed by atoms with Crippen LogP contribution in [0.2, 0.25) is 0 Å². The van der Waals surface area contributed by atoms with Gasteiger partial charge in [0.15, 0.2) is 0 Å². The molecule has 0 aromatic rings. The molecule has 0 unspecified atom stereocenters. The molecule has 0 atom stereocenters. The molecule has 0 saturated carbocycles. The molecule has 106 valence electrons. The molecule has 0 radical (unpaired) electrons. The summed E-state index contributed by atoms with van der Waals surface area (Å²) < 4.78 is 132. The van der Waals surface area contributed by atoms with Crippen molar-refractivity contribution in [1.82, 2.24) is 0 Å². The minimum absolute atomic E-state index is 0.935. The van der Waals surface area contributed by atoms with Gasteiger partial charge >= 0.3 is 29.9 Å². The number of alkyl halides is 11. The van der Waals surface area contributed by atoms with Crippen LogP contribution in [0.15, 0.2) is 0 Å². The van der Waals surface area contributed by atoms with E-state index < -0.39 is 35.9 Å². The Morgan fingerprint density at radius 2 is 0.778 bits per heavy atom. The molecule has 0 aromatic carbocycles. The summed E-state index contributed by atoms with van der Waals surface area (Å²) in [5.41, 5.74) is -6.81. The van der Waals surface area contributed by atoms with Crippen molar-refractivity contribution in [3.8, 4) is 6.07 Å². The lowest BCUT2D eigenvalue weighted by Gasteiger charge is -2.35. The lowest BCUT2D eigenvalue weighted by atomic mass is 9.90. The molecule has 0 amide bonds. The van der Waals surface area contributed by atoms with Crippen molar-refractivity contribution < 1.29 is 48.3 Å². The highest BCUT2D eigenvalue weighted by atomic mass is 19.4. The van der Waals surface area contributed by atoms with Gasteiger partial charge in [-0.1, -0.05) is 0 Å². The van der Waals surface area contributed by atoms with Gasteiger partial charge in [-0.2, -0.15) is 49.2 Å².